The number of para-hydroxylation sites is 1. The topological polar surface area (TPSA) is 15.9 Å². The highest BCUT2D eigenvalue weighted by molar-refractivity contribution is 7.13. The average Bonchev–Trinajstić information content (AvgIpc) is 2.62. The van der Waals surface area contributed by atoms with Crippen molar-refractivity contribution in [2.45, 2.75) is 33.2 Å². The highest BCUT2D eigenvalue weighted by Gasteiger charge is 2.27. The van der Waals surface area contributed by atoms with Crippen molar-refractivity contribution in [3.05, 3.63) is 40.4 Å². The summed E-state index contributed by atoms with van der Waals surface area (Å²) in [5.41, 5.74) is 2.24. The maximum Gasteiger partial charge on any atom is 0.339 e. The van der Waals surface area contributed by atoms with Gasteiger partial charge in [-0.05, 0) is 39.8 Å². The molecular formula is C14H18ClN2S+. The lowest BCUT2D eigenvalue weighted by Gasteiger charge is -2.18. The van der Waals surface area contributed by atoms with Gasteiger partial charge in [0.05, 0.1) is 5.02 Å². The van der Waals surface area contributed by atoms with Crippen molar-refractivity contribution in [1.82, 2.24) is 0 Å². The maximum atomic E-state index is 6.18. The summed E-state index contributed by atoms with van der Waals surface area (Å²) in [6.45, 7) is 8.72. The van der Waals surface area contributed by atoms with Crippen LogP contribution in [0.4, 0.5) is 10.8 Å². The summed E-state index contributed by atoms with van der Waals surface area (Å²) in [5, 5.41) is 7.42. The van der Waals surface area contributed by atoms with Crippen molar-refractivity contribution in [3.8, 4) is 0 Å². The Labute approximate surface area is 117 Å². The molecule has 2 rings (SSSR count). The van der Waals surface area contributed by atoms with E-state index in [9.17, 15) is 0 Å². The van der Waals surface area contributed by atoms with Crippen LogP contribution in [0.25, 0.3) is 0 Å². The molecule has 0 aliphatic rings. The average molecular weight is 282 g/mol. The first kappa shape index (κ1) is 13.4. The number of nitrogens with one attached hydrogen (secondary N) is 1. The van der Waals surface area contributed by atoms with Gasteiger partial charge in [0.15, 0.2) is 0 Å². The SMILES string of the molecule is Cc1csc(Nc2ccccc2Cl)[n+]1C(C)(C)C. The van der Waals surface area contributed by atoms with Gasteiger partial charge in [-0.25, -0.2) is 9.88 Å². The van der Waals surface area contributed by atoms with Crippen molar-refractivity contribution >= 4 is 33.8 Å². The number of benzene rings is 1. The molecule has 0 atom stereocenters. The molecule has 2 aromatic rings. The number of nitrogens with zero attached hydrogens (tertiary/aromatic N) is 1. The molecule has 0 aliphatic heterocycles. The third kappa shape index (κ3) is 2.68. The second-order valence-electron chi connectivity index (χ2n) is 5.29. The molecule has 0 fully saturated rings. The molecule has 0 bridgehead atoms. The van der Waals surface area contributed by atoms with Crippen LogP contribution < -0.4 is 9.88 Å². The lowest BCUT2D eigenvalue weighted by molar-refractivity contribution is -0.742. The minimum absolute atomic E-state index is 0.0493. The third-order valence-electron chi connectivity index (χ3n) is 2.68. The lowest BCUT2D eigenvalue weighted by Crippen LogP contribution is -2.52. The molecule has 1 heterocycles. The van der Waals surface area contributed by atoms with Gasteiger partial charge in [0.25, 0.3) is 0 Å². The minimum Gasteiger partial charge on any atom is -0.230 e. The van der Waals surface area contributed by atoms with E-state index >= 15 is 0 Å². The summed E-state index contributed by atoms with van der Waals surface area (Å²) >= 11 is 7.88. The number of halogens is 1. The summed E-state index contributed by atoms with van der Waals surface area (Å²) in [4.78, 5) is 0. The van der Waals surface area contributed by atoms with Crippen molar-refractivity contribution in [2.24, 2.45) is 0 Å². The smallest absolute Gasteiger partial charge is 0.230 e. The Kier molecular flexibility index (Phi) is 3.64. The van der Waals surface area contributed by atoms with Crippen molar-refractivity contribution in [1.29, 1.82) is 0 Å². The number of hydrogen-bond donors (Lipinski definition) is 1. The van der Waals surface area contributed by atoms with Gasteiger partial charge in [0.2, 0.25) is 0 Å². The van der Waals surface area contributed by atoms with Crippen molar-refractivity contribution < 1.29 is 4.57 Å². The summed E-state index contributed by atoms with van der Waals surface area (Å²) in [6.07, 6.45) is 0. The van der Waals surface area contributed by atoms with Crippen molar-refractivity contribution in [3.63, 3.8) is 0 Å². The number of aryl methyl sites for hydroxylation is 1. The van der Waals surface area contributed by atoms with Gasteiger partial charge in [0, 0.05) is 5.38 Å². The Hall–Kier alpha value is -1.06. The predicted molar refractivity (Wildman–Crippen MR) is 79.0 cm³/mol. The van der Waals surface area contributed by atoms with E-state index in [4.69, 9.17) is 11.6 Å². The van der Waals surface area contributed by atoms with Crippen LogP contribution in [-0.4, -0.2) is 0 Å². The minimum atomic E-state index is 0.0493. The standard InChI is InChI=1S/C14H17ClN2S/c1-10-9-18-13(17(10)14(2,3)4)16-12-8-6-5-7-11(12)15/h5-9H,1-4H3/p+1. The van der Waals surface area contributed by atoms with Crippen LogP contribution in [-0.2, 0) is 5.54 Å². The first-order valence-corrected chi connectivity index (χ1v) is 7.17. The van der Waals surface area contributed by atoms with E-state index in [2.05, 4.69) is 43.0 Å². The quantitative estimate of drug-likeness (QED) is 0.802. The second-order valence-corrected chi connectivity index (χ2v) is 6.56. The van der Waals surface area contributed by atoms with Gasteiger partial charge in [-0.3, -0.25) is 0 Å². The zero-order chi connectivity index (χ0) is 13.3. The lowest BCUT2D eigenvalue weighted by atomic mass is 10.1. The fourth-order valence-electron chi connectivity index (χ4n) is 2.00. The van der Waals surface area contributed by atoms with Gasteiger partial charge in [0.1, 0.15) is 16.9 Å². The molecular weight excluding hydrogens is 264 g/mol. The molecule has 1 N–H and O–H groups in total. The van der Waals surface area contributed by atoms with Crippen LogP contribution >= 0.6 is 22.9 Å². The van der Waals surface area contributed by atoms with Crippen LogP contribution in [0.1, 0.15) is 26.5 Å². The summed E-state index contributed by atoms with van der Waals surface area (Å²) in [7, 11) is 0. The van der Waals surface area contributed by atoms with Gasteiger partial charge >= 0.3 is 5.13 Å². The van der Waals surface area contributed by atoms with Gasteiger partial charge in [-0.1, -0.05) is 35.1 Å². The Morgan fingerprint density at radius 1 is 1.22 bits per heavy atom. The molecule has 0 saturated carbocycles. The van der Waals surface area contributed by atoms with E-state index in [1.54, 1.807) is 11.3 Å². The molecule has 4 heteroatoms. The normalized spacial score (nSPS) is 11.6. The van der Waals surface area contributed by atoms with Crippen LogP contribution in [0, 0.1) is 6.92 Å². The van der Waals surface area contributed by atoms with E-state index in [1.807, 2.05) is 24.3 Å². The number of rotatable bonds is 2. The van der Waals surface area contributed by atoms with Crippen molar-refractivity contribution in [2.75, 3.05) is 5.32 Å². The first-order chi connectivity index (χ1) is 8.39. The summed E-state index contributed by atoms with van der Waals surface area (Å²) < 4.78 is 2.29. The molecule has 0 aliphatic carbocycles. The molecule has 0 amide bonds. The van der Waals surface area contributed by atoms with E-state index in [1.165, 1.54) is 5.69 Å². The first-order valence-electron chi connectivity index (χ1n) is 5.92. The molecule has 0 radical (unpaired) electrons. The van der Waals surface area contributed by atoms with E-state index in [0.717, 1.165) is 15.8 Å². The Morgan fingerprint density at radius 2 is 1.89 bits per heavy atom. The predicted octanol–water partition coefficient (Wildman–Crippen LogP) is 4.50. The largest absolute Gasteiger partial charge is 0.339 e. The molecule has 0 unspecified atom stereocenters. The Morgan fingerprint density at radius 3 is 2.50 bits per heavy atom. The number of anilines is 2. The number of aromatic nitrogens is 1. The summed E-state index contributed by atoms with van der Waals surface area (Å²) in [5.74, 6) is 0. The molecule has 18 heavy (non-hydrogen) atoms. The number of hydrogen-bond acceptors (Lipinski definition) is 2. The highest BCUT2D eigenvalue weighted by atomic mass is 35.5. The monoisotopic (exact) mass is 281 g/mol. The van der Waals surface area contributed by atoms with Gasteiger partial charge < -0.3 is 0 Å². The molecule has 0 spiro atoms. The highest BCUT2D eigenvalue weighted by Crippen LogP contribution is 2.27. The zero-order valence-electron chi connectivity index (χ0n) is 11.1. The summed E-state index contributed by atoms with van der Waals surface area (Å²) in [6, 6.07) is 7.80. The molecule has 96 valence electrons. The third-order valence-corrected chi connectivity index (χ3v) is 3.98. The van der Waals surface area contributed by atoms with Crippen LogP contribution in [0.3, 0.4) is 0 Å². The fraction of sp³-hybridized carbons (Fsp3) is 0.357. The molecule has 0 saturated heterocycles. The Bertz CT molecular complexity index is 555. The maximum absolute atomic E-state index is 6.18. The zero-order valence-corrected chi connectivity index (χ0v) is 12.7. The number of thiazole rings is 1. The van der Waals surface area contributed by atoms with E-state index in [-0.39, 0.29) is 5.54 Å². The molecule has 1 aromatic heterocycles. The van der Waals surface area contributed by atoms with E-state index < -0.39 is 0 Å². The van der Waals surface area contributed by atoms with Gasteiger partial charge in [-0.2, -0.15) is 0 Å². The molecule has 2 nitrogen and oxygen atoms in total. The van der Waals surface area contributed by atoms with Crippen LogP contribution in [0.5, 0.6) is 0 Å². The van der Waals surface area contributed by atoms with Gasteiger partial charge in [-0.15, -0.1) is 0 Å². The fourth-order valence-corrected chi connectivity index (χ4v) is 3.27. The second kappa shape index (κ2) is 4.90. The molecule has 1 aromatic carbocycles. The Balaban J connectivity index is 2.39. The van der Waals surface area contributed by atoms with Crippen LogP contribution in [0.15, 0.2) is 29.6 Å². The van der Waals surface area contributed by atoms with Crippen LogP contribution in [0.2, 0.25) is 5.02 Å². The van der Waals surface area contributed by atoms with E-state index in [0.29, 0.717) is 0 Å².